The Bertz CT molecular complexity index is 534. The van der Waals surface area contributed by atoms with E-state index in [1.54, 1.807) is 0 Å². The largest absolute Gasteiger partial charge is 0.382 e. The fourth-order valence-corrected chi connectivity index (χ4v) is 3.21. The molecule has 0 amide bonds. The molecule has 4 heteroatoms. The van der Waals surface area contributed by atoms with Gasteiger partial charge in [0.25, 0.3) is 0 Å². The molecule has 0 bridgehead atoms. The second-order valence-corrected chi connectivity index (χ2v) is 6.17. The maximum atomic E-state index is 6.19. The van der Waals surface area contributed by atoms with Crippen molar-refractivity contribution in [2.45, 2.75) is 12.8 Å². The van der Waals surface area contributed by atoms with Crippen LogP contribution in [0.5, 0.6) is 0 Å². The van der Waals surface area contributed by atoms with Crippen molar-refractivity contribution in [3.63, 3.8) is 0 Å². The van der Waals surface area contributed by atoms with Gasteiger partial charge in [0.1, 0.15) is 0 Å². The highest BCUT2D eigenvalue weighted by Gasteiger charge is 2.10. The summed E-state index contributed by atoms with van der Waals surface area (Å²) in [5, 5.41) is 4.57. The van der Waals surface area contributed by atoms with Crippen LogP contribution in [0.25, 0.3) is 0 Å². The molecule has 0 aliphatic rings. The Morgan fingerprint density at radius 3 is 2.26 bits per heavy atom. The van der Waals surface area contributed by atoms with Gasteiger partial charge in [0.05, 0.1) is 15.7 Å². The van der Waals surface area contributed by atoms with Crippen LogP contribution in [0, 0.1) is 0 Å². The molecule has 0 radical (unpaired) electrons. The molecule has 0 saturated heterocycles. The van der Waals surface area contributed by atoms with E-state index in [0.717, 1.165) is 16.7 Å². The number of hydrogen-bond acceptors (Lipinski definition) is 1. The monoisotopic (exact) mass is 357 g/mol. The van der Waals surface area contributed by atoms with E-state index in [4.69, 9.17) is 23.2 Å². The van der Waals surface area contributed by atoms with Crippen LogP contribution in [0.2, 0.25) is 10.0 Å². The van der Waals surface area contributed by atoms with Crippen molar-refractivity contribution in [3.8, 4) is 0 Å². The molecule has 0 fully saturated rings. The molecule has 0 aliphatic carbocycles. The van der Waals surface area contributed by atoms with Crippen molar-refractivity contribution < 1.29 is 0 Å². The van der Waals surface area contributed by atoms with E-state index in [2.05, 4.69) is 40.3 Å². The molecule has 2 aromatic carbocycles. The third-order valence-corrected chi connectivity index (χ3v) is 4.01. The standard InChI is InChI=1S/C15H14BrCl2N/c1-10(11-5-3-2-4-6-11)9-19-15-13(17)7-12(16)8-14(15)18/h2-8,10,19H,9H2,1H3. The number of hydrogen-bond donors (Lipinski definition) is 1. The van der Waals surface area contributed by atoms with Gasteiger partial charge in [0.15, 0.2) is 0 Å². The van der Waals surface area contributed by atoms with Crippen molar-refractivity contribution >= 4 is 44.8 Å². The third-order valence-electron chi connectivity index (χ3n) is 2.96. The van der Waals surface area contributed by atoms with Crippen LogP contribution in [0.3, 0.4) is 0 Å². The van der Waals surface area contributed by atoms with Gasteiger partial charge in [0, 0.05) is 11.0 Å². The van der Waals surface area contributed by atoms with E-state index < -0.39 is 0 Å². The lowest BCUT2D eigenvalue weighted by molar-refractivity contribution is 0.805. The SMILES string of the molecule is CC(CNc1c(Cl)cc(Br)cc1Cl)c1ccccc1. The second-order valence-electron chi connectivity index (χ2n) is 4.44. The molecule has 0 spiro atoms. The molecule has 0 heterocycles. The summed E-state index contributed by atoms with van der Waals surface area (Å²) in [5.41, 5.74) is 2.08. The minimum absolute atomic E-state index is 0.386. The lowest BCUT2D eigenvalue weighted by Crippen LogP contribution is -2.10. The predicted octanol–water partition coefficient (Wildman–Crippen LogP) is 5.97. The third kappa shape index (κ3) is 3.88. The van der Waals surface area contributed by atoms with Crippen LogP contribution < -0.4 is 5.32 Å². The molecule has 0 aromatic heterocycles. The molecule has 0 aliphatic heterocycles. The van der Waals surface area contributed by atoms with Gasteiger partial charge in [-0.15, -0.1) is 0 Å². The smallest absolute Gasteiger partial charge is 0.0719 e. The molecule has 1 N–H and O–H groups in total. The molecule has 1 atom stereocenters. The van der Waals surface area contributed by atoms with Gasteiger partial charge >= 0.3 is 0 Å². The van der Waals surface area contributed by atoms with Crippen molar-refractivity contribution in [3.05, 3.63) is 62.5 Å². The van der Waals surface area contributed by atoms with Crippen molar-refractivity contribution in [1.29, 1.82) is 0 Å². The van der Waals surface area contributed by atoms with E-state index in [-0.39, 0.29) is 0 Å². The molecule has 1 nitrogen and oxygen atoms in total. The van der Waals surface area contributed by atoms with E-state index >= 15 is 0 Å². The van der Waals surface area contributed by atoms with Gasteiger partial charge in [0.2, 0.25) is 0 Å². The summed E-state index contributed by atoms with van der Waals surface area (Å²) < 4.78 is 0.879. The number of halogens is 3. The lowest BCUT2D eigenvalue weighted by atomic mass is 10.0. The molecule has 0 saturated carbocycles. The quantitative estimate of drug-likeness (QED) is 0.709. The summed E-state index contributed by atoms with van der Waals surface area (Å²) in [6, 6.07) is 14.0. The summed E-state index contributed by atoms with van der Waals surface area (Å²) in [7, 11) is 0. The van der Waals surface area contributed by atoms with Crippen LogP contribution in [0.15, 0.2) is 46.9 Å². The molecule has 19 heavy (non-hydrogen) atoms. The van der Waals surface area contributed by atoms with Gasteiger partial charge in [-0.25, -0.2) is 0 Å². The number of anilines is 1. The molecular formula is C15H14BrCl2N. The maximum absolute atomic E-state index is 6.19. The first-order chi connectivity index (χ1) is 9.08. The zero-order valence-electron chi connectivity index (χ0n) is 10.5. The first-order valence-electron chi connectivity index (χ1n) is 6.01. The number of rotatable bonds is 4. The van der Waals surface area contributed by atoms with Crippen LogP contribution in [0.1, 0.15) is 18.4 Å². The Kier molecular flexibility index (Phi) is 5.14. The van der Waals surface area contributed by atoms with Gasteiger partial charge in [-0.2, -0.15) is 0 Å². The number of nitrogens with one attached hydrogen (secondary N) is 1. The van der Waals surface area contributed by atoms with Crippen molar-refractivity contribution in [2.75, 3.05) is 11.9 Å². The Balaban J connectivity index is 2.07. The van der Waals surface area contributed by atoms with Crippen molar-refractivity contribution in [2.24, 2.45) is 0 Å². The summed E-state index contributed by atoms with van der Waals surface area (Å²) >= 11 is 15.7. The highest BCUT2D eigenvalue weighted by Crippen LogP contribution is 2.34. The topological polar surface area (TPSA) is 12.0 Å². The number of benzene rings is 2. The van der Waals surface area contributed by atoms with Crippen molar-refractivity contribution in [1.82, 2.24) is 0 Å². The molecule has 1 unspecified atom stereocenters. The Morgan fingerprint density at radius 1 is 1.11 bits per heavy atom. The van der Waals surface area contributed by atoms with E-state index in [0.29, 0.717) is 16.0 Å². The van der Waals surface area contributed by atoms with Gasteiger partial charge < -0.3 is 5.32 Å². The van der Waals surface area contributed by atoms with Crippen LogP contribution in [-0.2, 0) is 0 Å². The van der Waals surface area contributed by atoms with Crippen LogP contribution in [0.4, 0.5) is 5.69 Å². The van der Waals surface area contributed by atoms with Gasteiger partial charge in [-0.3, -0.25) is 0 Å². The van der Waals surface area contributed by atoms with Crippen LogP contribution in [-0.4, -0.2) is 6.54 Å². The average molecular weight is 359 g/mol. The van der Waals surface area contributed by atoms with E-state index in [1.165, 1.54) is 5.56 Å². The Labute approximate surface area is 132 Å². The summed E-state index contributed by atoms with van der Waals surface area (Å²) in [6.07, 6.45) is 0. The maximum Gasteiger partial charge on any atom is 0.0719 e. The molecule has 2 rings (SSSR count). The fraction of sp³-hybridized carbons (Fsp3) is 0.200. The Morgan fingerprint density at radius 2 is 1.68 bits per heavy atom. The summed E-state index contributed by atoms with van der Waals surface area (Å²) in [6.45, 7) is 2.95. The second kappa shape index (κ2) is 6.65. The minimum Gasteiger partial charge on any atom is -0.382 e. The molecule has 100 valence electrons. The van der Waals surface area contributed by atoms with Gasteiger partial charge in [-0.1, -0.05) is 76.4 Å². The Hall–Kier alpha value is -0.700. The zero-order chi connectivity index (χ0) is 13.8. The first-order valence-corrected chi connectivity index (χ1v) is 7.56. The minimum atomic E-state index is 0.386. The first kappa shape index (κ1) is 14.7. The van der Waals surface area contributed by atoms with E-state index in [9.17, 15) is 0 Å². The molecule has 2 aromatic rings. The molecular weight excluding hydrogens is 345 g/mol. The van der Waals surface area contributed by atoms with Gasteiger partial charge in [-0.05, 0) is 23.6 Å². The fourth-order valence-electron chi connectivity index (χ4n) is 1.87. The predicted molar refractivity (Wildman–Crippen MR) is 87.5 cm³/mol. The zero-order valence-corrected chi connectivity index (χ0v) is 13.6. The van der Waals surface area contributed by atoms with E-state index in [1.807, 2.05) is 30.3 Å². The lowest BCUT2D eigenvalue weighted by Gasteiger charge is -2.16. The average Bonchev–Trinajstić information content (AvgIpc) is 2.38. The summed E-state index contributed by atoms with van der Waals surface area (Å²) in [5.74, 6) is 0.386. The highest BCUT2D eigenvalue weighted by atomic mass is 79.9. The normalized spacial score (nSPS) is 12.2. The van der Waals surface area contributed by atoms with Crippen LogP contribution >= 0.6 is 39.1 Å². The summed E-state index contributed by atoms with van der Waals surface area (Å²) in [4.78, 5) is 0. The highest BCUT2D eigenvalue weighted by molar-refractivity contribution is 9.10.